The number of rotatable bonds is 4. The second-order valence-electron chi connectivity index (χ2n) is 4.95. The summed E-state index contributed by atoms with van der Waals surface area (Å²) in [6, 6.07) is 0. The van der Waals surface area contributed by atoms with E-state index in [9.17, 15) is 0 Å². The first-order valence-electron chi connectivity index (χ1n) is 6.35. The van der Waals surface area contributed by atoms with Crippen LogP contribution in [0.5, 0.6) is 0 Å². The average molecular weight is 229 g/mol. The fourth-order valence-electron chi connectivity index (χ4n) is 2.51. The first kappa shape index (κ1) is 12.3. The van der Waals surface area contributed by atoms with Gasteiger partial charge in [0.25, 0.3) is 0 Å². The molecular weight excluding hydrogens is 206 g/mol. The standard InChI is InChI=1S/C12H23NO3/c1-12(8-10-4-2-3-7-14-10)15-9-11(16-12)5-6-13/h10-11H,2-9,13H2,1H3. The van der Waals surface area contributed by atoms with Crippen molar-refractivity contribution in [3.8, 4) is 0 Å². The van der Waals surface area contributed by atoms with E-state index >= 15 is 0 Å². The Balaban J connectivity index is 1.79. The lowest BCUT2D eigenvalue weighted by molar-refractivity contribution is -0.182. The Morgan fingerprint density at radius 1 is 1.31 bits per heavy atom. The van der Waals surface area contributed by atoms with Crippen molar-refractivity contribution in [2.45, 2.75) is 57.0 Å². The molecule has 0 aromatic rings. The van der Waals surface area contributed by atoms with Gasteiger partial charge in [-0.15, -0.1) is 0 Å². The van der Waals surface area contributed by atoms with Gasteiger partial charge in [-0.25, -0.2) is 0 Å². The zero-order valence-corrected chi connectivity index (χ0v) is 10.1. The van der Waals surface area contributed by atoms with Gasteiger partial charge in [0, 0.05) is 13.0 Å². The molecule has 0 radical (unpaired) electrons. The van der Waals surface area contributed by atoms with E-state index in [4.69, 9.17) is 19.9 Å². The molecule has 0 bridgehead atoms. The van der Waals surface area contributed by atoms with Crippen LogP contribution in [0.25, 0.3) is 0 Å². The Morgan fingerprint density at radius 3 is 2.88 bits per heavy atom. The zero-order chi connectivity index (χ0) is 11.4. The summed E-state index contributed by atoms with van der Waals surface area (Å²) >= 11 is 0. The van der Waals surface area contributed by atoms with Gasteiger partial charge in [0.2, 0.25) is 0 Å². The lowest BCUT2D eigenvalue weighted by Crippen LogP contribution is -2.34. The van der Waals surface area contributed by atoms with Gasteiger partial charge in [-0.1, -0.05) is 0 Å². The van der Waals surface area contributed by atoms with Crippen molar-refractivity contribution in [2.75, 3.05) is 19.8 Å². The summed E-state index contributed by atoms with van der Waals surface area (Å²) in [5.41, 5.74) is 5.52. The van der Waals surface area contributed by atoms with Crippen molar-refractivity contribution in [3.63, 3.8) is 0 Å². The van der Waals surface area contributed by atoms with E-state index < -0.39 is 5.79 Å². The highest BCUT2D eigenvalue weighted by Crippen LogP contribution is 2.32. The normalized spacial score (nSPS) is 40.1. The van der Waals surface area contributed by atoms with E-state index in [0.29, 0.717) is 19.3 Å². The molecule has 4 nitrogen and oxygen atoms in total. The van der Waals surface area contributed by atoms with E-state index in [0.717, 1.165) is 25.9 Å². The fraction of sp³-hybridized carbons (Fsp3) is 1.00. The van der Waals surface area contributed by atoms with Crippen molar-refractivity contribution in [1.82, 2.24) is 0 Å². The maximum Gasteiger partial charge on any atom is 0.168 e. The highest BCUT2D eigenvalue weighted by atomic mass is 16.7. The highest BCUT2D eigenvalue weighted by Gasteiger charge is 2.39. The van der Waals surface area contributed by atoms with Gasteiger partial charge in [-0.05, 0) is 39.2 Å². The molecule has 0 saturated carbocycles. The molecule has 2 rings (SSSR count). The Bertz CT molecular complexity index is 218. The Morgan fingerprint density at radius 2 is 2.19 bits per heavy atom. The van der Waals surface area contributed by atoms with Crippen LogP contribution < -0.4 is 5.73 Å². The van der Waals surface area contributed by atoms with Gasteiger partial charge in [0.1, 0.15) is 0 Å². The topological polar surface area (TPSA) is 53.7 Å². The molecule has 0 aromatic carbocycles. The molecule has 3 atom stereocenters. The van der Waals surface area contributed by atoms with E-state index in [-0.39, 0.29) is 6.10 Å². The molecule has 4 heteroatoms. The molecule has 0 amide bonds. The summed E-state index contributed by atoms with van der Waals surface area (Å²) in [6.45, 7) is 4.22. The van der Waals surface area contributed by atoms with Crippen LogP contribution in [0.4, 0.5) is 0 Å². The van der Waals surface area contributed by atoms with E-state index in [2.05, 4.69) is 0 Å². The van der Waals surface area contributed by atoms with E-state index in [1.807, 2.05) is 6.92 Å². The lowest BCUT2D eigenvalue weighted by atomic mass is 10.0. The minimum absolute atomic E-state index is 0.165. The predicted molar refractivity (Wildman–Crippen MR) is 61.1 cm³/mol. The third-order valence-corrected chi connectivity index (χ3v) is 3.35. The molecular formula is C12H23NO3. The van der Waals surface area contributed by atoms with Crippen molar-refractivity contribution in [1.29, 1.82) is 0 Å². The molecule has 0 aliphatic carbocycles. The summed E-state index contributed by atoms with van der Waals surface area (Å²) in [7, 11) is 0. The van der Waals surface area contributed by atoms with Gasteiger partial charge in [0.05, 0.1) is 18.8 Å². The largest absolute Gasteiger partial charge is 0.378 e. The maximum absolute atomic E-state index is 5.91. The molecule has 94 valence electrons. The van der Waals surface area contributed by atoms with Crippen molar-refractivity contribution in [2.24, 2.45) is 5.73 Å². The van der Waals surface area contributed by atoms with Crippen molar-refractivity contribution in [3.05, 3.63) is 0 Å². The quantitative estimate of drug-likeness (QED) is 0.792. The molecule has 2 fully saturated rings. The smallest absolute Gasteiger partial charge is 0.168 e. The number of ether oxygens (including phenoxy) is 3. The molecule has 2 aliphatic rings. The highest BCUT2D eigenvalue weighted by molar-refractivity contribution is 4.79. The fourth-order valence-corrected chi connectivity index (χ4v) is 2.51. The van der Waals surface area contributed by atoms with Gasteiger partial charge < -0.3 is 19.9 Å². The van der Waals surface area contributed by atoms with Crippen LogP contribution in [0, 0.1) is 0 Å². The Hall–Kier alpha value is -0.160. The van der Waals surface area contributed by atoms with Crippen molar-refractivity contribution < 1.29 is 14.2 Å². The summed E-state index contributed by atoms with van der Waals surface area (Å²) in [5.74, 6) is -0.457. The van der Waals surface area contributed by atoms with Crippen LogP contribution in [0.3, 0.4) is 0 Å². The first-order chi connectivity index (χ1) is 7.72. The van der Waals surface area contributed by atoms with Crippen LogP contribution in [-0.4, -0.2) is 37.8 Å². The third-order valence-electron chi connectivity index (χ3n) is 3.35. The summed E-state index contributed by atoms with van der Waals surface area (Å²) in [6.07, 6.45) is 5.76. The molecule has 2 N–H and O–H groups in total. The second kappa shape index (κ2) is 5.45. The molecule has 3 unspecified atom stereocenters. The molecule has 2 aliphatic heterocycles. The third kappa shape index (κ3) is 3.17. The molecule has 0 spiro atoms. The van der Waals surface area contributed by atoms with E-state index in [1.165, 1.54) is 12.8 Å². The average Bonchev–Trinajstić information content (AvgIpc) is 2.62. The van der Waals surface area contributed by atoms with Crippen LogP contribution in [-0.2, 0) is 14.2 Å². The van der Waals surface area contributed by atoms with Gasteiger partial charge in [-0.2, -0.15) is 0 Å². The number of hydrogen-bond donors (Lipinski definition) is 1. The monoisotopic (exact) mass is 229 g/mol. The second-order valence-corrected chi connectivity index (χ2v) is 4.95. The van der Waals surface area contributed by atoms with Gasteiger partial charge in [-0.3, -0.25) is 0 Å². The zero-order valence-electron chi connectivity index (χ0n) is 10.1. The lowest BCUT2D eigenvalue weighted by Gasteiger charge is -2.30. The van der Waals surface area contributed by atoms with Crippen molar-refractivity contribution >= 4 is 0 Å². The predicted octanol–water partition coefficient (Wildman–Crippen LogP) is 1.43. The minimum atomic E-state index is -0.457. The summed E-state index contributed by atoms with van der Waals surface area (Å²) < 4.78 is 17.4. The summed E-state index contributed by atoms with van der Waals surface area (Å²) in [5, 5.41) is 0. The van der Waals surface area contributed by atoms with Crippen LogP contribution in [0.1, 0.15) is 39.0 Å². The van der Waals surface area contributed by atoms with Crippen LogP contribution in [0.2, 0.25) is 0 Å². The molecule has 0 aromatic heterocycles. The molecule has 2 saturated heterocycles. The van der Waals surface area contributed by atoms with Gasteiger partial charge in [0.15, 0.2) is 5.79 Å². The summed E-state index contributed by atoms with van der Waals surface area (Å²) in [4.78, 5) is 0. The maximum atomic E-state index is 5.91. The van der Waals surface area contributed by atoms with Gasteiger partial charge >= 0.3 is 0 Å². The first-order valence-corrected chi connectivity index (χ1v) is 6.35. The Kier molecular flexibility index (Phi) is 4.19. The minimum Gasteiger partial charge on any atom is -0.378 e. The number of hydrogen-bond acceptors (Lipinski definition) is 4. The molecule has 2 heterocycles. The van der Waals surface area contributed by atoms with Crippen LogP contribution in [0.15, 0.2) is 0 Å². The Labute approximate surface area is 97.4 Å². The number of nitrogens with two attached hydrogens (primary N) is 1. The van der Waals surface area contributed by atoms with E-state index in [1.54, 1.807) is 0 Å². The van der Waals surface area contributed by atoms with Crippen LogP contribution >= 0.6 is 0 Å². The molecule has 16 heavy (non-hydrogen) atoms. The SMILES string of the molecule is CC1(CC2CCCCO2)OCC(CCN)O1.